The van der Waals surface area contributed by atoms with Crippen molar-refractivity contribution in [2.45, 2.75) is 26.3 Å². The van der Waals surface area contributed by atoms with E-state index in [0.29, 0.717) is 5.92 Å². The van der Waals surface area contributed by atoms with Crippen molar-refractivity contribution in [2.75, 3.05) is 51.2 Å². The SMILES string of the molecule is CCN1CC(C)c2cc(CN3CCN(C)CC3)ccc21. The van der Waals surface area contributed by atoms with Gasteiger partial charge in [-0.3, -0.25) is 4.90 Å². The van der Waals surface area contributed by atoms with Gasteiger partial charge in [-0.25, -0.2) is 0 Å². The van der Waals surface area contributed by atoms with Crippen LogP contribution in [0.2, 0.25) is 0 Å². The van der Waals surface area contributed by atoms with Crippen LogP contribution in [-0.4, -0.2) is 56.1 Å². The maximum Gasteiger partial charge on any atom is 0.0402 e. The van der Waals surface area contributed by atoms with Gasteiger partial charge in [-0.1, -0.05) is 19.1 Å². The smallest absolute Gasteiger partial charge is 0.0402 e. The molecular weight excluding hydrogens is 246 g/mol. The highest BCUT2D eigenvalue weighted by Crippen LogP contribution is 2.36. The maximum atomic E-state index is 2.58. The second-order valence-corrected chi connectivity index (χ2v) is 6.41. The third-order valence-corrected chi connectivity index (χ3v) is 4.84. The largest absolute Gasteiger partial charge is 0.371 e. The van der Waals surface area contributed by atoms with E-state index < -0.39 is 0 Å². The van der Waals surface area contributed by atoms with Gasteiger partial charge in [0.2, 0.25) is 0 Å². The quantitative estimate of drug-likeness (QED) is 0.837. The molecule has 0 aliphatic carbocycles. The minimum absolute atomic E-state index is 0.678. The van der Waals surface area contributed by atoms with Crippen molar-refractivity contribution in [3.05, 3.63) is 29.3 Å². The summed E-state index contributed by atoms with van der Waals surface area (Å²) in [5.74, 6) is 0.678. The number of piperazine rings is 1. The zero-order chi connectivity index (χ0) is 14.1. The summed E-state index contributed by atoms with van der Waals surface area (Å²) in [5.41, 5.74) is 4.50. The molecule has 3 nitrogen and oxygen atoms in total. The minimum atomic E-state index is 0.678. The lowest BCUT2D eigenvalue weighted by Crippen LogP contribution is -2.43. The average Bonchev–Trinajstić information content (AvgIpc) is 2.78. The molecule has 1 aromatic carbocycles. The van der Waals surface area contributed by atoms with Gasteiger partial charge in [0.15, 0.2) is 0 Å². The van der Waals surface area contributed by atoms with Crippen LogP contribution in [0, 0.1) is 0 Å². The first-order chi connectivity index (χ1) is 9.67. The first-order valence-electron chi connectivity index (χ1n) is 7.96. The Bertz CT molecular complexity index is 463. The van der Waals surface area contributed by atoms with Crippen molar-refractivity contribution in [1.29, 1.82) is 0 Å². The molecule has 0 radical (unpaired) electrons. The summed E-state index contributed by atoms with van der Waals surface area (Å²) in [6.45, 7) is 12.8. The van der Waals surface area contributed by atoms with E-state index in [0.717, 1.165) is 13.1 Å². The van der Waals surface area contributed by atoms with Crippen LogP contribution >= 0.6 is 0 Å². The van der Waals surface area contributed by atoms with Gasteiger partial charge in [-0.15, -0.1) is 0 Å². The zero-order valence-electron chi connectivity index (χ0n) is 13.1. The summed E-state index contributed by atoms with van der Waals surface area (Å²) in [7, 11) is 2.22. The molecule has 1 saturated heterocycles. The van der Waals surface area contributed by atoms with Crippen LogP contribution in [0.15, 0.2) is 18.2 Å². The summed E-state index contributed by atoms with van der Waals surface area (Å²) < 4.78 is 0. The van der Waals surface area contributed by atoms with Gasteiger partial charge in [0.25, 0.3) is 0 Å². The highest BCUT2D eigenvalue weighted by Gasteiger charge is 2.24. The van der Waals surface area contributed by atoms with E-state index in [1.54, 1.807) is 5.56 Å². The lowest BCUT2D eigenvalue weighted by Gasteiger charge is -2.32. The summed E-state index contributed by atoms with van der Waals surface area (Å²) in [5, 5.41) is 0. The normalized spacial score (nSPS) is 24.1. The standard InChI is InChI=1S/C17H27N3/c1-4-20-12-14(2)16-11-15(5-6-17(16)20)13-19-9-7-18(3)8-10-19/h5-6,11,14H,4,7-10,12-13H2,1-3H3. The van der Waals surface area contributed by atoms with Crippen molar-refractivity contribution in [1.82, 2.24) is 9.80 Å². The predicted octanol–water partition coefficient (Wildman–Crippen LogP) is 2.38. The molecule has 20 heavy (non-hydrogen) atoms. The monoisotopic (exact) mass is 273 g/mol. The Kier molecular flexibility index (Phi) is 3.99. The Morgan fingerprint density at radius 2 is 1.90 bits per heavy atom. The van der Waals surface area contributed by atoms with Crippen LogP contribution in [-0.2, 0) is 6.54 Å². The molecule has 1 fully saturated rings. The fourth-order valence-electron chi connectivity index (χ4n) is 3.48. The first-order valence-corrected chi connectivity index (χ1v) is 7.96. The van der Waals surface area contributed by atoms with Gasteiger partial charge in [0.05, 0.1) is 0 Å². The van der Waals surface area contributed by atoms with Gasteiger partial charge in [-0.05, 0) is 31.2 Å². The lowest BCUT2D eigenvalue weighted by atomic mass is 10.0. The number of fused-ring (bicyclic) bond motifs is 1. The number of nitrogens with zero attached hydrogens (tertiary/aromatic N) is 3. The van der Waals surface area contributed by atoms with Crippen LogP contribution in [0.25, 0.3) is 0 Å². The van der Waals surface area contributed by atoms with Crippen LogP contribution in [0.3, 0.4) is 0 Å². The fraction of sp³-hybridized carbons (Fsp3) is 0.647. The lowest BCUT2D eigenvalue weighted by molar-refractivity contribution is 0.148. The highest BCUT2D eigenvalue weighted by atomic mass is 15.2. The summed E-state index contributed by atoms with van der Waals surface area (Å²) in [6.07, 6.45) is 0. The summed E-state index contributed by atoms with van der Waals surface area (Å²) in [4.78, 5) is 7.50. The summed E-state index contributed by atoms with van der Waals surface area (Å²) >= 11 is 0. The number of hydrogen-bond acceptors (Lipinski definition) is 3. The number of likely N-dealkylation sites (N-methyl/N-ethyl adjacent to an activating group) is 2. The molecule has 1 atom stereocenters. The molecule has 0 aromatic heterocycles. The molecule has 1 aromatic rings. The molecule has 2 aliphatic heterocycles. The molecule has 0 amide bonds. The average molecular weight is 273 g/mol. The van der Waals surface area contributed by atoms with Gasteiger partial charge < -0.3 is 9.80 Å². The number of hydrogen-bond donors (Lipinski definition) is 0. The number of rotatable bonds is 3. The van der Waals surface area contributed by atoms with E-state index in [2.05, 4.69) is 53.8 Å². The van der Waals surface area contributed by atoms with E-state index >= 15 is 0 Å². The van der Waals surface area contributed by atoms with Crippen LogP contribution < -0.4 is 4.90 Å². The van der Waals surface area contributed by atoms with Gasteiger partial charge in [0, 0.05) is 57.4 Å². The number of anilines is 1. The molecule has 0 bridgehead atoms. The third-order valence-electron chi connectivity index (χ3n) is 4.84. The van der Waals surface area contributed by atoms with Gasteiger partial charge >= 0.3 is 0 Å². The second-order valence-electron chi connectivity index (χ2n) is 6.41. The predicted molar refractivity (Wildman–Crippen MR) is 85.5 cm³/mol. The van der Waals surface area contributed by atoms with Gasteiger partial charge in [0.1, 0.15) is 0 Å². The van der Waals surface area contributed by atoms with Crippen molar-refractivity contribution < 1.29 is 0 Å². The Morgan fingerprint density at radius 3 is 2.60 bits per heavy atom. The Morgan fingerprint density at radius 1 is 1.15 bits per heavy atom. The highest BCUT2D eigenvalue weighted by molar-refractivity contribution is 5.61. The molecule has 2 heterocycles. The molecule has 0 saturated carbocycles. The Labute approximate surface area is 123 Å². The Balaban J connectivity index is 1.71. The van der Waals surface area contributed by atoms with E-state index in [1.165, 1.54) is 44.0 Å². The van der Waals surface area contributed by atoms with Crippen molar-refractivity contribution in [3.63, 3.8) is 0 Å². The zero-order valence-corrected chi connectivity index (χ0v) is 13.1. The third kappa shape index (κ3) is 2.70. The molecule has 3 heteroatoms. The molecule has 110 valence electrons. The molecular formula is C17H27N3. The van der Waals surface area contributed by atoms with Crippen LogP contribution in [0.5, 0.6) is 0 Å². The van der Waals surface area contributed by atoms with E-state index in [1.807, 2.05) is 0 Å². The maximum absolute atomic E-state index is 2.58. The first kappa shape index (κ1) is 13.9. The molecule has 0 spiro atoms. The van der Waals surface area contributed by atoms with Crippen LogP contribution in [0.4, 0.5) is 5.69 Å². The second kappa shape index (κ2) is 5.74. The molecule has 1 unspecified atom stereocenters. The van der Waals surface area contributed by atoms with Crippen molar-refractivity contribution in [3.8, 4) is 0 Å². The topological polar surface area (TPSA) is 9.72 Å². The number of benzene rings is 1. The van der Waals surface area contributed by atoms with Crippen LogP contribution in [0.1, 0.15) is 30.9 Å². The molecule has 2 aliphatic rings. The van der Waals surface area contributed by atoms with Crippen molar-refractivity contribution >= 4 is 5.69 Å². The molecule has 3 rings (SSSR count). The molecule has 0 N–H and O–H groups in total. The van der Waals surface area contributed by atoms with E-state index in [9.17, 15) is 0 Å². The Hall–Kier alpha value is -1.06. The van der Waals surface area contributed by atoms with Crippen molar-refractivity contribution in [2.24, 2.45) is 0 Å². The summed E-state index contributed by atoms with van der Waals surface area (Å²) in [6, 6.07) is 7.12. The van der Waals surface area contributed by atoms with E-state index in [4.69, 9.17) is 0 Å². The minimum Gasteiger partial charge on any atom is -0.371 e. The van der Waals surface area contributed by atoms with Gasteiger partial charge in [-0.2, -0.15) is 0 Å². The van der Waals surface area contributed by atoms with E-state index in [-0.39, 0.29) is 0 Å². The fourth-order valence-corrected chi connectivity index (χ4v) is 3.48.